The van der Waals surface area contributed by atoms with Crippen molar-refractivity contribution in [2.75, 3.05) is 0 Å². The predicted octanol–water partition coefficient (Wildman–Crippen LogP) is 3.88. The average Bonchev–Trinajstić information content (AvgIpc) is 2.40. The Morgan fingerprint density at radius 2 is 1.33 bits per heavy atom. The SMILES string of the molecule is C[C@H](O[Si](C)(C)c1ccccc1)c1ccccc1. The Kier molecular flexibility index (Phi) is 3.99. The number of benzene rings is 2. The van der Waals surface area contributed by atoms with Crippen molar-refractivity contribution in [3.05, 3.63) is 66.2 Å². The highest BCUT2D eigenvalue weighted by Crippen LogP contribution is 2.21. The van der Waals surface area contributed by atoms with Crippen molar-refractivity contribution < 1.29 is 4.43 Å². The molecular weight excluding hydrogens is 236 g/mol. The van der Waals surface area contributed by atoms with Crippen LogP contribution in [0.25, 0.3) is 0 Å². The standard InChI is InChI=1S/C16H20OSi/c1-14(15-10-6-4-7-11-15)17-18(2,3)16-12-8-5-9-13-16/h4-14H,1-3H3/t14-/m0/s1. The first-order valence-corrected chi connectivity index (χ1v) is 9.29. The summed E-state index contributed by atoms with van der Waals surface area (Å²) in [6, 6.07) is 21.0. The molecule has 18 heavy (non-hydrogen) atoms. The minimum absolute atomic E-state index is 0.146. The van der Waals surface area contributed by atoms with Crippen LogP contribution in [0.15, 0.2) is 60.7 Å². The van der Waals surface area contributed by atoms with Crippen LogP contribution in [0.2, 0.25) is 13.1 Å². The van der Waals surface area contributed by atoms with E-state index >= 15 is 0 Å². The van der Waals surface area contributed by atoms with E-state index in [9.17, 15) is 0 Å². The summed E-state index contributed by atoms with van der Waals surface area (Å²) in [5, 5.41) is 1.34. The van der Waals surface area contributed by atoms with Gasteiger partial charge in [-0.15, -0.1) is 0 Å². The van der Waals surface area contributed by atoms with Crippen LogP contribution in [-0.4, -0.2) is 8.32 Å². The van der Waals surface area contributed by atoms with E-state index in [2.05, 4.69) is 74.6 Å². The van der Waals surface area contributed by atoms with Crippen molar-refractivity contribution in [2.45, 2.75) is 26.1 Å². The van der Waals surface area contributed by atoms with Gasteiger partial charge >= 0.3 is 0 Å². The Hall–Kier alpha value is -1.38. The molecule has 0 aliphatic carbocycles. The van der Waals surface area contributed by atoms with E-state index in [-0.39, 0.29) is 6.10 Å². The summed E-state index contributed by atoms with van der Waals surface area (Å²) in [5.74, 6) is 0. The Labute approximate surface area is 111 Å². The van der Waals surface area contributed by atoms with Crippen LogP contribution in [0, 0.1) is 0 Å². The van der Waals surface area contributed by atoms with Crippen molar-refractivity contribution in [2.24, 2.45) is 0 Å². The minimum Gasteiger partial charge on any atom is -0.406 e. The highest BCUT2D eigenvalue weighted by Gasteiger charge is 2.27. The van der Waals surface area contributed by atoms with Gasteiger partial charge in [0.05, 0.1) is 6.10 Å². The van der Waals surface area contributed by atoms with Crippen LogP contribution in [0.1, 0.15) is 18.6 Å². The van der Waals surface area contributed by atoms with Crippen molar-refractivity contribution in [1.29, 1.82) is 0 Å². The average molecular weight is 256 g/mol. The van der Waals surface area contributed by atoms with Crippen LogP contribution in [-0.2, 0) is 4.43 Å². The molecule has 0 aromatic heterocycles. The Bertz CT molecular complexity index is 479. The highest BCUT2D eigenvalue weighted by molar-refractivity contribution is 6.84. The largest absolute Gasteiger partial charge is 0.406 e. The normalized spacial score (nSPS) is 13.3. The Morgan fingerprint density at radius 1 is 0.833 bits per heavy atom. The van der Waals surface area contributed by atoms with Gasteiger partial charge in [-0.25, -0.2) is 0 Å². The Balaban J connectivity index is 2.14. The van der Waals surface area contributed by atoms with E-state index in [1.807, 2.05) is 6.07 Å². The second-order valence-corrected chi connectivity index (χ2v) is 8.88. The molecule has 2 aromatic carbocycles. The second-order valence-electron chi connectivity index (χ2n) is 5.05. The van der Waals surface area contributed by atoms with Gasteiger partial charge in [0.25, 0.3) is 0 Å². The fourth-order valence-corrected chi connectivity index (χ4v) is 4.29. The van der Waals surface area contributed by atoms with Gasteiger partial charge < -0.3 is 4.43 Å². The third-order valence-corrected chi connectivity index (χ3v) is 5.88. The van der Waals surface area contributed by atoms with E-state index in [1.54, 1.807) is 0 Å². The molecule has 0 N–H and O–H groups in total. The summed E-state index contributed by atoms with van der Waals surface area (Å²) < 4.78 is 6.35. The predicted molar refractivity (Wildman–Crippen MR) is 79.5 cm³/mol. The molecule has 0 amide bonds. The molecule has 1 nitrogen and oxygen atoms in total. The topological polar surface area (TPSA) is 9.23 Å². The van der Waals surface area contributed by atoms with Gasteiger partial charge in [-0.05, 0) is 30.8 Å². The molecular formula is C16H20OSi. The molecule has 0 unspecified atom stereocenters. The van der Waals surface area contributed by atoms with Crippen LogP contribution < -0.4 is 5.19 Å². The van der Waals surface area contributed by atoms with Gasteiger partial charge in [0.15, 0.2) is 0 Å². The molecule has 2 heteroatoms. The smallest absolute Gasteiger partial charge is 0.218 e. The maximum absolute atomic E-state index is 6.35. The maximum atomic E-state index is 6.35. The monoisotopic (exact) mass is 256 g/mol. The number of rotatable bonds is 4. The lowest BCUT2D eigenvalue weighted by Gasteiger charge is -2.28. The zero-order valence-electron chi connectivity index (χ0n) is 11.3. The van der Waals surface area contributed by atoms with Crippen LogP contribution in [0.4, 0.5) is 0 Å². The molecule has 2 aromatic rings. The lowest BCUT2D eigenvalue weighted by atomic mass is 10.1. The molecule has 94 valence electrons. The Morgan fingerprint density at radius 3 is 1.89 bits per heavy atom. The summed E-state index contributed by atoms with van der Waals surface area (Å²) in [4.78, 5) is 0. The van der Waals surface area contributed by atoms with Gasteiger partial charge in [0.1, 0.15) is 0 Å². The van der Waals surface area contributed by atoms with E-state index in [0.717, 1.165) is 0 Å². The lowest BCUT2D eigenvalue weighted by Crippen LogP contribution is -2.45. The van der Waals surface area contributed by atoms with Gasteiger partial charge in [-0.2, -0.15) is 0 Å². The maximum Gasteiger partial charge on any atom is 0.218 e. The summed E-state index contributed by atoms with van der Waals surface area (Å²) in [6.07, 6.45) is 0.146. The van der Waals surface area contributed by atoms with E-state index in [1.165, 1.54) is 10.8 Å². The zero-order chi connectivity index (χ0) is 13.0. The fourth-order valence-electron chi connectivity index (χ4n) is 2.14. The summed E-state index contributed by atoms with van der Waals surface area (Å²) in [7, 11) is -1.83. The first-order valence-electron chi connectivity index (χ1n) is 6.38. The molecule has 0 aliphatic rings. The molecule has 0 saturated heterocycles. The third kappa shape index (κ3) is 3.09. The molecule has 0 fully saturated rings. The molecule has 2 rings (SSSR count). The zero-order valence-corrected chi connectivity index (χ0v) is 12.3. The summed E-state index contributed by atoms with van der Waals surface area (Å²) in [5.41, 5.74) is 1.24. The quantitative estimate of drug-likeness (QED) is 0.754. The van der Waals surface area contributed by atoms with Crippen molar-refractivity contribution in [3.63, 3.8) is 0 Å². The number of hydrogen-bond acceptors (Lipinski definition) is 1. The van der Waals surface area contributed by atoms with E-state index < -0.39 is 8.32 Å². The lowest BCUT2D eigenvalue weighted by molar-refractivity contribution is 0.222. The molecule has 0 spiro atoms. The second kappa shape index (κ2) is 5.51. The van der Waals surface area contributed by atoms with E-state index in [0.29, 0.717) is 0 Å². The molecule has 0 heterocycles. The van der Waals surface area contributed by atoms with Crippen molar-refractivity contribution >= 4 is 13.5 Å². The van der Waals surface area contributed by atoms with Crippen molar-refractivity contribution in [3.8, 4) is 0 Å². The molecule has 0 aliphatic heterocycles. The first kappa shape index (κ1) is 13.1. The molecule has 0 saturated carbocycles. The highest BCUT2D eigenvalue weighted by atomic mass is 28.4. The third-order valence-electron chi connectivity index (χ3n) is 3.21. The molecule has 0 radical (unpaired) electrons. The molecule has 0 bridgehead atoms. The van der Waals surface area contributed by atoms with Crippen molar-refractivity contribution in [1.82, 2.24) is 0 Å². The fraction of sp³-hybridized carbons (Fsp3) is 0.250. The van der Waals surface area contributed by atoms with Gasteiger partial charge in [-0.1, -0.05) is 60.7 Å². The summed E-state index contributed by atoms with van der Waals surface area (Å²) in [6.45, 7) is 6.64. The number of hydrogen-bond donors (Lipinski definition) is 0. The van der Waals surface area contributed by atoms with Gasteiger partial charge in [0.2, 0.25) is 8.32 Å². The van der Waals surface area contributed by atoms with Crippen LogP contribution in [0.5, 0.6) is 0 Å². The van der Waals surface area contributed by atoms with Crippen LogP contribution >= 0.6 is 0 Å². The van der Waals surface area contributed by atoms with Gasteiger partial charge in [-0.3, -0.25) is 0 Å². The van der Waals surface area contributed by atoms with Crippen LogP contribution in [0.3, 0.4) is 0 Å². The molecule has 1 atom stereocenters. The van der Waals surface area contributed by atoms with Gasteiger partial charge in [0, 0.05) is 0 Å². The minimum atomic E-state index is -1.83. The summed E-state index contributed by atoms with van der Waals surface area (Å²) >= 11 is 0. The first-order chi connectivity index (χ1) is 8.59. The van der Waals surface area contributed by atoms with E-state index in [4.69, 9.17) is 4.43 Å².